The fourth-order valence-electron chi connectivity index (χ4n) is 1.76. The highest BCUT2D eigenvalue weighted by Crippen LogP contribution is 2.13. The van der Waals surface area contributed by atoms with Gasteiger partial charge in [0.05, 0.1) is 16.9 Å². The molecule has 0 bridgehead atoms. The molecule has 18 heavy (non-hydrogen) atoms. The van der Waals surface area contributed by atoms with Gasteiger partial charge in [0, 0.05) is 24.8 Å². The molecule has 0 aliphatic carbocycles. The minimum atomic E-state index is -0.278. The predicted octanol–water partition coefficient (Wildman–Crippen LogP) is 1.34. The molecule has 7 heteroatoms. The third-order valence-corrected chi connectivity index (χ3v) is 3.19. The predicted molar refractivity (Wildman–Crippen MR) is 67.4 cm³/mol. The summed E-state index contributed by atoms with van der Waals surface area (Å²) >= 11 is 5.81. The Bertz CT molecular complexity index is 586. The van der Waals surface area contributed by atoms with E-state index in [0.717, 1.165) is 17.0 Å². The summed E-state index contributed by atoms with van der Waals surface area (Å²) in [5.74, 6) is -0.278. The molecule has 6 nitrogen and oxygen atoms in total. The molecular formula is C11H14ClN5O. The van der Waals surface area contributed by atoms with Crippen molar-refractivity contribution >= 4 is 17.5 Å². The highest BCUT2D eigenvalue weighted by atomic mass is 35.5. The summed E-state index contributed by atoms with van der Waals surface area (Å²) in [6, 6.07) is 0. The van der Waals surface area contributed by atoms with Gasteiger partial charge in [0.25, 0.3) is 5.91 Å². The highest BCUT2D eigenvalue weighted by molar-refractivity contribution is 6.33. The SMILES string of the molecule is Cc1nn(C)c(C)c1CNC(=O)c1[nH]ncc1Cl. The van der Waals surface area contributed by atoms with E-state index in [-0.39, 0.29) is 11.6 Å². The molecule has 2 heterocycles. The Morgan fingerprint density at radius 3 is 2.78 bits per heavy atom. The Morgan fingerprint density at radius 1 is 1.56 bits per heavy atom. The zero-order valence-corrected chi connectivity index (χ0v) is 11.2. The van der Waals surface area contributed by atoms with E-state index in [0.29, 0.717) is 11.6 Å². The second kappa shape index (κ2) is 4.81. The molecule has 2 aromatic rings. The van der Waals surface area contributed by atoms with Gasteiger partial charge in [0.15, 0.2) is 0 Å². The second-order valence-electron chi connectivity index (χ2n) is 4.05. The van der Waals surface area contributed by atoms with Crippen molar-refractivity contribution in [2.45, 2.75) is 20.4 Å². The molecular weight excluding hydrogens is 254 g/mol. The number of aromatic nitrogens is 4. The fourth-order valence-corrected chi connectivity index (χ4v) is 1.94. The standard InChI is InChI=1S/C11H14ClN5O/c1-6-8(7(2)17(3)16-6)4-13-11(18)10-9(12)5-14-15-10/h5H,4H2,1-3H3,(H,13,18)(H,14,15). The summed E-state index contributed by atoms with van der Waals surface area (Å²) in [7, 11) is 1.87. The number of H-pyrrole nitrogens is 1. The van der Waals surface area contributed by atoms with Crippen LogP contribution in [0.1, 0.15) is 27.4 Å². The Hall–Kier alpha value is -1.82. The van der Waals surface area contributed by atoms with Crippen LogP contribution in [0.2, 0.25) is 5.02 Å². The maximum absolute atomic E-state index is 11.8. The van der Waals surface area contributed by atoms with Crippen LogP contribution in [0.3, 0.4) is 0 Å². The first-order chi connectivity index (χ1) is 8.50. The zero-order chi connectivity index (χ0) is 13.3. The molecule has 0 aliphatic rings. The Labute approximate surface area is 109 Å². The smallest absolute Gasteiger partial charge is 0.271 e. The zero-order valence-electron chi connectivity index (χ0n) is 10.4. The van der Waals surface area contributed by atoms with Gasteiger partial charge in [-0.3, -0.25) is 14.6 Å². The maximum atomic E-state index is 11.8. The van der Waals surface area contributed by atoms with Crippen LogP contribution in [0, 0.1) is 13.8 Å². The first kappa shape index (κ1) is 12.6. The molecule has 0 radical (unpaired) electrons. The van der Waals surface area contributed by atoms with Crippen molar-refractivity contribution in [2.75, 3.05) is 0 Å². The van der Waals surface area contributed by atoms with Crippen LogP contribution in [0.5, 0.6) is 0 Å². The number of aromatic amines is 1. The van der Waals surface area contributed by atoms with E-state index in [9.17, 15) is 4.79 Å². The minimum Gasteiger partial charge on any atom is -0.346 e. The molecule has 0 unspecified atom stereocenters. The molecule has 2 aromatic heterocycles. The summed E-state index contributed by atoms with van der Waals surface area (Å²) in [5, 5.41) is 13.7. The Kier molecular flexibility index (Phi) is 3.38. The first-order valence-corrected chi connectivity index (χ1v) is 5.84. The summed E-state index contributed by atoms with van der Waals surface area (Å²) in [5.41, 5.74) is 3.23. The monoisotopic (exact) mass is 267 g/mol. The third-order valence-electron chi connectivity index (χ3n) is 2.90. The number of hydrogen-bond donors (Lipinski definition) is 2. The molecule has 2 N–H and O–H groups in total. The molecule has 0 fully saturated rings. The Balaban J connectivity index is 2.09. The second-order valence-corrected chi connectivity index (χ2v) is 4.46. The van der Waals surface area contributed by atoms with Crippen LogP contribution < -0.4 is 5.32 Å². The number of nitrogens with zero attached hydrogens (tertiary/aromatic N) is 3. The van der Waals surface area contributed by atoms with Crippen LogP contribution in [0.25, 0.3) is 0 Å². The van der Waals surface area contributed by atoms with Gasteiger partial charge in [0.1, 0.15) is 5.69 Å². The van der Waals surface area contributed by atoms with Crippen LogP contribution in [-0.2, 0) is 13.6 Å². The summed E-state index contributed by atoms with van der Waals surface area (Å²) in [6.07, 6.45) is 1.40. The maximum Gasteiger partial charge on any atom is 0.271 e. The van der Waals surface area contributed by atoms with E-state index in [1.54, 1.807) is 4.68 Å². The molecule has 0 spiro atoms. The molecule has 0 saturated carbocycles. The van der Waals surface area contributed by atoms with Crippen LogP contribution in [0.4, 0.5) is 0 Å². The minimum absolute atomic E-state index is 0.274. The molecule has 0 saturated heterocycles. The number of rotatable bonds is 3. The van der Waals surface area contributed by atoms with Crippen LogP contribution in [0.15, 0.2) is 6.20 Å². The highest BCUT2D eigenvalue weighted by Gasteiger charge is 2.14. The van der Waals surface area contributed by atoms with Gasteiger partial charge in [-0.15, -0.1) is 0 Å². The molecule has 2 rings (SSSR count). The van der Waals surface area contributed by atoms with Gasteiger partial charge in [-0.1, -0.05) is 11.6 Å². The summed E-state index contributed by atoms with van der Waals surface area (Å²) in [6.45, 7) is 4.29. The largest absolute Gasteiger partial charge is 0.346 e. The fraction of sp³-hybridized carbons (Fsp3) is 0.364. The topological polar surface area (TPSA) is 75.6 Å². The lowest BCUT2D eigenvalue weighted by molar-refractivity contribution is 0.0946. The number of carbonyl (C=O) groups is 1. The van der Waals surface area contributed by atoms with E-state index in [2.05, 4.69) is 20.6 Å². The summed E-state index contributed by atoms with van der Waals surface area (Å²) < 4.78 is 1.79. The van der Waals surface area contributed by atoms with Crippen LogP contribution >= 0.6 is 11.6 Å². The van der Waals surface area contributed by atoms with E-state index in [4.69, 9.17) is 11.6 Å². The lowest BCUT2D eigenvalue weighted by atomic mass is 10.2. The molecule has 0 atom stereocenters. The van der Waals surface area contributed by atoms with Gasteiger partial charge >= 0.3 is 0 Å². The van der Waals surface area contributed by atoms with Gasteiger partial charge in [-0.05, 0) is 13.8 Å². The van der Waals surface area contributed by atoms with Gasteiger partial charge < -0.3 is 5.32 Å². The average molecular weight is 268 g/mol. The van der Waals surface area contributed by atoms with E-state index in [1.165, 1.54) is 6.20 Å². The number of aryl methyl sites for hydroxylation is 2. The van der Waals surface area contributed by atoms with Crippen molar-refractivity contribution in [3.63, 3.8) is 0 Å². The normalized spacial score (nSPS) is 10.7. The number of halogens is 1. The Morgan fingerprint density at radius 2 is 2.28 bits per heavy atom. The molecule has 0 aromatic carbocycles. The van der Waals surface area contributed by atoms with Crippen molar-refractivity contribution in [1.82, 2.24) is 25.3 Å². The van der Waals surface area contributed by atoms with Crippen molar-refractivity contribution in [3.05, 3.63) is 33.9 Å². The molecule has 1 amide bonds. The van der Waals surface area contributed by atoms with Crippen molar-refractivity contribution < 1.29 is 4.79 Å². The lowest BCUT2D eigenvalue weighted by Gasteiger charge is -2.04. The first-order valence-electron chi connectivity index (χ1n) is 5.47. The van der Waals surface area contributed by atoms with Crippen LogP contribution in [-0.4, -0.2) is 25.9 Å². The van der Waals surface area contributed by atoms with Crippen molar-refractivity contribution in [1.29, 1.82) is 0 Å². The van der Waals surface area contributed by atoms with Crippen molar-refractivity contribution in [3.8, 4) is 0 Å². The molecule has 96 valence electrons. The number of amides is 1. The summed E-state index contributed by atoms with van der Waals surface area (Å²) in [4.78, 5) is 11.8. The van der Waals surface area contributed by atoms with Crippen molar-refractivity contribution in [2.24, 2.45) is 7.05 Å². The van der Waals surface area contributed by atoms with E-state index >= 15 is 0 Å². The van der Waals surface area contributed by atoms with Gasteiger partial charge in [0.2, 0.25) is 0 Å². The number of hydrogen-bond acceptors (Lipinski definition) is 3. The average Bonchev–Trinajstić information content (AvgIpc) is 2.83. The van der Waals surface area contributed by atoms with Gasteiger partial charge in [-0.25, -0.2) is 0 Å². The third kappa shape index (κ3) is 2.24. The lowest BCUT2D eigenvalue weighted by Crippen LogP contribution is -2.24. The number of carbonyl (C=O) groups excluding carboxylic acids is 1. The molecule has 0 aliphatic heterocycles. The van der Waals surface area contributed by atoms with Gasteiger partial charge in [-0.2, -0.15) is 10.2 Å². The van der Waals surface area contributed by atoms with E-state index < -0.39 is 0 Å². The van der Waals surface area contributed by atoms with E-state index in [1.807, 2.05) is 20.9 Å². The number of nitrogens with one attached hydrogen (secondary N) is 2. The quantitative estimate of drug-likeness (QED) is 0.881.